The first-order chi connectivity index (χ1) is 15.2. The van der Waals surface area contributed by atoms with E-state index in [0.29, 0.717) is 11.7 Å². The van der Waals surface area contributed by atoms with Gasteiger partial charge in [-0.2, -0.15) is 0 Å². The zero-order chi connectivity index (χ0) is 21.5. The van der Waals surface area contributed by atoms with Crippen molar-refractivity contribution in [2.75, 3.05) is 25.0 Å². The van der Waals surface area contributed by atoms with E-state index < -0.39 is 0 Å². The van der Waals surface area contributed by atoms with Crippen LogP contribution in [-0.4, -0.2) is 29.5 Å². The molecule has 2 heterocycles. The third-order valence-corrected chi connectivity index (χ3v) is 5.52. The molecule has 1 fully saturated rings. The summed E-state index contributed by atoms with van der Waals surface area (Å²) >= 11 is 0. The van der Waals surface area contributed by atoms with E-state index in [1.54, 1.807) is 0 Å². The molecule has 1 aliphatic heterocycles. The maximum Gasteiger partial charge on any atom is 0.142 e. The third-order valence-electron chi connectivity index (χ3n) is 5.52. The molecule has 1 aromatic heterocycles. The van der Waals surface area contributed by atoms with Crippen LogP contribution in [0.25, 0.3) is 11.1 Å². The summed E-state index contributed by atoms with van der Waals surface area (Å²) in [4.78, 5) is 6.62. The van der Waals surface area contributed by atoms with Crippen molar-refractivity contribution < 1.29 is 9.13 Å². The largest absolute Gasteiger partial charge is 0.457 e. The summed E-state index contributed by atoms with van der Waals surface area (Å²) in [6.07, 6.45) is 5.32. The number of para-hydroxylation sites is 1. The van der Waals surface area contributed by atoms with Crippen molar-refractivity contribution in [2.24, 2.45) is 5.92 Å². The Morgan fingerprint density at radius 3 is 2.48 bits per heavy atom. The predicted molar refractivity (Wildman–Crippen MR) is 123 cm³/mol. The van der Waals surface area contributed by atoms with Crippen molar-refractivity contribution in [1.82, 2.24) is 9.88 Å². The Morgan fingerprint density at radius 2 is 1.77 bits per heavy atom. The fourth-order valence-electron chi connectivity index (χ4n) is 3.82. The van der Waals surface area contributed by atoms with Crippen LogP contribution in [0.1, 0.15) is 12.8 Å². The van der Waals surface area contributed by atoms with Crippen LogP contribution in [0, 0.1) is 18.3 Å². The smallest absolute Gasteiger partial charge is 0.142 e. The minimum Gasteiger partial charge on any atom is -0.457 e. The van der Waals surface area contributed by atoms with Gasteiger partial charge in [0.05, 0.1) is 6.20 Å². The number of pyridine rings is 1. The number of aromatic nitrogens is 1. The highest BCUT2D eigenvalue weighted by molar-refractivity contribution is 5.75. The van der Waals surface area contributed by atoms with E-state index in [-0.39, 0.29) is 5.82 Å². The first-order valence-corrected chi connectivity index (χ1v) is 10.6. The number of hydrogen-bond acceptors (Lipinski definition) is 4. The first-order valence-electron chi connectivity index (χ1n) is 10.6. The average Bonchev–Trinajstić information content (AvgIpc) is 2.81. The average molecular weight is 417 g/mol. The Kier molecular flexibility index (Phi) is 6.95. The highest BCUT2D eigenvalue weighted by Crippen LogP contribution is 2.30. The van der Waals surface area contributed by atoms with E-state index in [4.69, 9.17) is 4.74 Å². The number of benzene rings is 2. The maximum absolute atomic E-state index is 14.0. The fourth-order valence-corrected chi connectivity index (χ4v) is 3.82. The van der Waals surface area contributed by atoms with Gasteiger partial charge in [0.2, 0.25) is 0 Å². The van der Waals surface area contributed by atoms with E-state index in [1.807, 2.05) is 60.7 Å². The van der Waals surface area contributed by atoms with Crippen LogP contribution in [0.4, 0.5) is 10.2 Å². The fraction of sp³-hybridized carbons (Fsp3) is 0.231. The number of halogens is 1. The molecule has 2 aromatic carbocycles. The minimum absolute atomic E-state index is 0.349. The Morgan fingerprint density at radius 1 is 1.06 bits per heavy atom. The SMILES string of the molecule is C=C[CH]N1CCC(CNc2ncc(F)cc2-c2ccc(Oc3ccccc3)cc2)CC1. The number of hydrogen-bond donors (Lipinski definition) is 1. The van der Waals surface area contributed by atoms with Gasteiger partial charge in [0.15, 0.2) is 0 Å². The molecule has 1 N–H and O–H groups in total. The van der Waals surface area contributed by atoms with Gasteiger partial charge in [0.25, 0.3) is 0 Å². The summed E-state index contributed by atoms with van der Waals surface area (Å²) in [7, 11) is 0. The number of nitrogens with one attached hydrogen (secondary N) is 1. The summed E-state index contributed by atoms with van der Waals surface area (Å²) in [5.74, 6) is 2.44. The molecular weight excluding hydrogens is 389 g/mol. The normalized spacial score (nSPS) is 14.9. The second-order valence-corrected chi connectivity index (χ2v) is 7.73. The molecule has 31 heavy (non-hydrogen) atoms. The van der Waals surface area contributed by atoms with E-state index in [9.17, 15) is 4.39 Å². The summed E-state index contributed by atoms with van der Waals surface area (Å²) in [6, 6.07) is 18.8. The molecule has 0 aliphatic carbocycles. The standard InChI is InChI=1S/C26H27FN3O/c1-2-14-30-15-12-20(13-16-30)18-28-26-25(17-22(27)19-29-26)21-8-10-24(11-9-21)31-23-6-4-3-5-7-23/h2-11,14,17,19-20H,1,12-13,15-16,18H2,(H,28,29). The van der Waals surface area contributed by atoms with Crippen LogP contribution in [0.5, 0.6) is 11.5 Å². The lowest BCUT2D eigenvalue weighted by Gasteiger charge is -2.31. The predicted octanol–water partition coefficient (Wildman–Crippen LogP) is 6.15. The van der Waals surface area contributed by atoms with Crippen LogP contribution in [0.3, 0.4) is 0 Å². The Bertz CT molecular complexity index is 983. The molecule has 1 saturated heterocycles. The van der Waals surface area contributed by atoms with E-state index in [1.165, 1.54) is 12.3 Å². The number of ether oxygens (including phenoxy) is 1. The van der Waals surface area contributed by atoms with Crippen molar-refractivity contribution in [3.8, 4) is 22.6 Å². The number of likely N-dealkylation sites (tertiary alicyclic amines) is 1. The van der Waals surface area contributed by atoms with Crippen LogP contribution in [0.15, 0.2) is 79.5 Å². The lowest BCUT2D eigenvalue weighted by Crippen LogP contribution is -2.33. The van der Waals surface area contributed by atoms with Gasteiger partial charge in [0, 0.05) is 18.7 Å². The van der Waals surface area contributed by atoms with Crippen LogP contribution < -0.4 is 10.1 Å². The number of anilines is 1. The first kappa shape index (κ1) is 21.1. The molecule has 4 rings (SSSR count). The molecule has 0 atom stereocenters. The van der Waals surface area contributed by atoms with Crippen molar-refractivity contribution in [3.05, 3.63) is 91.9 Å². The Hall–Kier alpha value is -3.18. The Labute approximate surface area is 183 Å². The molecule has 5 heteroatoms. The minimum atomic E-state index is -0.349. The Balaban J connectivity index is 1.42. The molecule has 4 nitrogen and oxygen atoms in total. The molecule has 159 valence electrons. The van der Waals surface area contributed by atoms with Gasteiger partial charge in [-0.1, -0.05) is 36.4 Å². The molecule has 0 saturated carbocycles. The molecule has 1 radical (unpaired) electrons. The van der Waals surface area contributed by atoms with Gasteiger partial charge in [-0.25, -0.2) is 9.37 Å². The van der Waals surface area contributed by atoms with E-state index >= 15 is 0 Å². The summed E-state index contributed by atoms with van der Waals surface area (Å²) in [6.45, 7) is 8.70. The second kappa shape index (κ2) is 10.2. The molecule has 0 amide bonds. The molecule has 1 aliphatic rings. The van der Waals surface area contributed by atoms with Crippen LogP contribution in [-0.2, 0) is 0 Å². The quantitative estimate of drug-likeness (QED) is 0.478. The number of nitrogens with zero attached hydrogens (tertiary/aromatic N) is 2. The second-order valence-electron chi connectivity index (χ2n) is 7.73. The van der Waals surface area contributed by atoms with Crippen LogP contribution in [0.2, 0.25) is 0 Å². The van der Waals surface area contributed by atoms with Gasteiger partial charge < -0.3 is 10.1 Å². The monoisotopic (exact) mass is 416 g/mol. The van der Waals surface area contributed by atoms with E-state index in [0.717, 1.165) is 55.1 Å². The molecule has 0 bridgehead atoms. The summed E-state index contributed by atoms with van der Waals surface area (Å²) < 4.78 is 19.8. The highest BCUT2D eigenvalue weighted by atomic mass is 19.1. The molecular formula is C26H27FN3O. The van der Waals surface area contributed by atoms with Crippen molar-refractivity contribution in [1.29, 1.82) is 0 Å². The zero-order valence-electron chi connectivity index (χ0n) is 17.5. The van der Waals surface area contributed by atoms with Crippen LogP contribution >= 0.6 is 0 Å². The van der Waals surface area contributed by atoms with Gasteiger partial charge in [-0.05, 0) is 67.7 Å². The molecule has 0 spiro atoms. The van der Waals surface area contributed by atoms with Gasteiger partial charge >= 0.3 is 0 Å². The lowest BCUT2D eigenvalue weighted by molar-refractivity contribution is 0.234. The van der Waals surface area contributed by atoms with Gasteiger partial charge in [-0.3, -0.25) is 4.90 Å². The summed E-state index contributed by atoms with van der Waals surface area (Å²) in [5.41, 5.74) is 1.65. The van der Waals surface area contributed by atoms with Crippen molar-refractivity contribution in [3.63, 3.8) is 0 Å². The van der Waals surface area contributed by atoms with Gasteiger partial charge in [0.1, 0.15) is 23.1 Å². The third kappa shape index (κ3) is 5.70. The molecule has 0 unspecified atom stereocenters. The molecule has 3 aromatic rings. The van der Waals surface area contributed by atoms with Crippen molar-refractivity contribution in [2.45, 2.75) is 12.8 Å². The topological polar surface area (TPSA) is 37.4 Å². The zero-order valence-corrected chi connectivity index (χ0v) is 17.5. The number of rotatable bonds is 8. The lowest BCUT2D eigenvalue weighted by atomic mass is 9.96. The summed E-state index contributed by atoms with van der Waals surface area (Å²) in [5, 5.41) is 3.45. The maximum atomic E-state index is 14.0. The number of piperidine rings is 1. The van der Waals surface area contributed by atoms with E-state index in [2.05, 4.69) is 28.3 Å². The highest BCUT2D eigenvalue weighted by Gasteiger charge is 2.19. The van der Waals surface area contributed by atoms with Crippen molar-refractivity contribution >= 4 is 5.82 Å². The van der Waals surface area contributed by atoms with Gasteiger partial charge in [-0.15, -0.1) is 6.58 Å².